The molecule has 0 aliphatic carbocycles. The average Bonchev–Trinajstić information content (AvgIpc) is 2.47. The molecule has 0 saturated carbocycles. The molecule has 0 amide bonds. The number of hydrogen-bond donors (Lipinski definition) is 3. The molecule has 0 aromatic rings. The van der Waals surface area contributed by atoms with Gasteiger partial charge in [-0.15, -0.1) is 0 Å². The van der Waals surface area contributed by atoms with Crippen LogP contribution in [0.2, 0.25) is 0 Å². The Labute approximate surface area is 70.8 Å². The van der Waals surface area contributed by atoms with Gasteiger partial charge in [-0.3, -0.25) is 0 Å². The molecule has 0 unspecified atom stereocenters. The Kier molecular flexibility index (Phi) is 3.57. The normalized spacial score (nSPS) is 24.3. The van der Waals surface area contributed by atoms with Crippen molar-refractivity contribution in [1.29, 1.82) is 0 Å². The van der Waals surface area contributed by atoms with Gasteiger partial charge < -0.3 is 10.8 Å². The van der Waals surface area contributed by atoms with E-state index in [-0.39, 0.29) is 19.5 Å². The Balaban J connectivity index is 0.000000640. The summed E-state index contributed by atoms with van der Waals surface area (Å²) in [6, 6.07) is -0.564. The van der Waals surface area contributed by atoms with E-state index in [1.807, 2.05) is 0 Å². The Morgan fingerprint density at radius 3 is 2.22 bits per heavy atom. The van der Waals surface area contributed by atoms with Gasteiger partial charge in [-0.25, -0.2) is 0 Å². The summed E-state index contributed by atoms with van der Waals surface area (Å²) < 4.78 is 0. The largest absolute Gasteiger partial charge is 0.353 e. The zero-order chi connectivity index (χ0) is 6.20. The number of hydrogen-bond acceptors (Lipinski definition) is 5. The second-order valence-corrected chi connectivity index (χ2v) is 1.95. The molecule has 1 rings (SSSR count). The molecule has 1 atom stereocenters. The molecule has 0 aromatic heterocycles. The van der Waals surface area contributed by atoms with Gasteiger partial charge >= 0.3 is 5.97 Å². The third-order valence-electron chi connectivity index (χ3n) is 0.919. The Morgan fingerprint density at radius 1 is 1.67 bits per heavy atom. The molecular weight excluding hydrogens is 195 g/mol. The first-order valence-electron chi connectivity index (χ1n) is 2.15. The molecule has 1 aliphatic heterocycles. The van der Waals surface area contributed by atoms with Crippen LogP contribution in [0.25, 0.3) is 0 Å². The monoisotopic (exact) mass is 201 g/mol. The van der Waals surface area contributed by atoms with Gasteiger partial charge in [0, 0.05) is 25.2 Å². The minimum atomic E-state index is -1.54. The number of rotatable bonds is 2. The molecule has 1 fully saturated rings. The summed E-state index contributed by atoms with van der Waals surface area (Å²) in [5, 5.41) is 8.78. The quantitative estimate of drug-likeness (QED) is 0.229. The average molecular weight is 203 g/mol. The van der Waals surface area contributed by atoms with Gasteiger partial charge in [0.05, 0.1) is 0 Å². The van der Waals surface area contributed by atoms with Crippen LogP contribution >= 0.6 is 12.6 Å². The first-order valence-corrected chi connectivity index (χ1v) is 2.78. The predicted molar refractivity (Wildman–Crippen MR) is 28.9 cm³/mol. The number of nitrogens with two attached hydrogens (primary N) is 1. The van der Waals surface area contributed by atoms with Gasteiger partial charge in [0.15, 0.2) is 0 Å². The topological polar surface area (TPSA) is 71.3 Å². The van der Waals surface area contributed by atoms with E-state index in [1.165, 1.54) is 0 Å². The molecular formula is C3H7NO3SZn. The summed E-state index contributed by atoms with van der Waals surface area (Å²) in [7, 11) is 0. The second kappa shape index (κ2) is 3.28. The van der Waals surface area contributed by atoms with Crippen LogP contribution in [-0.2, 0) is 29.3 Å². The Morgan fingerprint density at radius 2 is 2.11 bits per heavy atom. The smallest absolute Gasteiger partial charge is 0.338 e. The van der Waals surface area contributed by atoms with Crippen LogP contribution in [0.4, 0.5) is 0 Å². The van der Waals surface area contributed by atoms with Crippen molar-refractivity contribution in [2.45, 2.75) is 12.0 Å². The predicted octanol–water partition coefficient (Wildman–Crippen LogP) is -1.15. The second-order valence-electron chi connectivity index (χ2n) is 1.59. The summed E-state index contributed by atoms with van der Waals surface area (Å²) in [6.45, 7) is 0. The van der Waals surface area contributed by atoms with Crippen molar-refractivity contribution in [2.75, 3.05) is 5.75 Å². The molecule has 4 nitrogen and oxygen atoms in total. The molecule has 1 heterocycles. The zero-order valence-electron chi connectivity index (χ0n) is 4.78. The molecule has 0 aromatic carbocycles. The first kappa shape index (κ1) is 9.81. The maximum absolute atomic E-state index is 8.78. The van der Waals surface area contributed by atoms with Gasteiger partial charge in [0.1, 0.15) is 6.04 Å². The van der Waals surface area contributed by atoms with Gasteiger partial charge in [0.25, 0.3) is 0 Å². The third-order valence-corrected chi connectivity index (χ3v) is 1.31. The fourth-order valence-corrected chi connectivity index (χ4v) is 0.512. The minimum Gasteiger partial charge on any atom is -0.338 e. The molecule has 1 aliphatic rings. The minimum absolute atomic E-state index is 0. The van der Waals surface area contributed by atoms with Gasteiger partial charge in [-0.05, 0) is 0 Å². The summed E-state index contributed by atoms with van der Waals surface area (Å²) in [6.07, 6.45) is 0. The number of aliphatic hydroxyl groups is 1. The maximum atomic E-state index is 8.78. The fourth-order valence-electron chi connectivity index (χ4n) is 0.282. The maximum Gasteiger partial charge on any atom is 0.353 e. The zero-order valence-corrected chi connectivity index (χ0v) is 8.64. The van der Waals surface area contributed by atoms with Gasteiger partial charge in [-0.2, -0.15) is 22.4 Å². The standard InChI is InChI=1S/C3H7NO3S.Zn/c4-2(1-8)3(5)6-7-3;/h2,5,8H,1,4H2;/t2-;/m0./s1. The van der Waals surface area contributed by atoms with Crippen molar-refractivity contribution in [3.05, 3.63) is 0 Å². The molecule has 9 heavy (non-hydrogen) atoms. The Hall–Kier alpha value is 0.813. The van der Waals surface area contributed by atoms with E-state index in [9.17, 15) is 0 Å². The van der Waals surface area contributed by atoms with Crippen LogP contribution in [0.15, 0.2) is 0 Å². The summed E-state index contributed by atoms with van der Waals surface area (Å²) in [4.78, 5) is 8.26. The summed E-state index contributed by atoms with van der Waals surface area (Å²) in [5.41, 5.74) is 5.24. The van der Waals surface area contributed by atoms with E-state index in [4.69, 9.17) is 10.8 Å². The van der Waals surface area contributed by atoms with Crippen molar-refractivity contribution in [3.63, 3.8) is 0 Å². The molecule has 50 valence electrons. The third kappa shape index (κ3) is 2.14. The molecule has 0 spiro atoms. The molecule has 0 radical (unpaired) electrons. The van der Waals surface area contributed by atoms with E-state index >= 15 is 0 Å². The van der Waals surface area contributed by atoms with Crippen LogP contribution in [0.3, 0.4) is 0 Å². The van der Waals surface area contributed by atoms with Crippen LogP contribution in [0.5, 0.6) is 0 Å². The first-order chi connectivity index (χ1) is 3.69. The van der Waals surface area contributed by atoms with E-state index in [0.29, 0.717) is 5.75 Å². The van der Waals surface area contributed by atoms with E-state index < -0.39 is 12.0 Å². The van der Waals surface area contributed by atoms with E-state index in [0.717, 1.165) is 0 Å². The fraction of sp³-hybridized carbons (Fsp3) is 1.00. The van der Waals surface area contributed by atoms with Gasteiger partial charge in [0.2, 0.25) is 0 Å². The van der Waals surface area contributed by atoms with Crippen molar-refractivity contribution in [2.24, 2.45) is 5.73 Å². The molecule has 1 saturated heterocycles. The van der Waals surface area contributed by atoms with Crippen LogP contribution in [-0.4, -0.2) is 22.9 Å². The summed E-state index contributed by atoms with van der Waals surface area (Å²) >= 11 is 3.80. The molecule has 3 N–H and O–H groups in total. The van der Waals surface area contributed by atoms with Crippen molar-refractivity contribution in [1.82, 2.24) is 0 Å². The van der Waals surface area contributed by atoms with Crippen LogP contribution in [0, 0.1) is 0 Å². The Bertz CT molecular complexity index is 99.1. The van der Waals surface area contributed by atoms with Crippen LogP contribution < -0.4 is 5.73 Å². The SMILES string of the molecule is N[C@@H](CS)C1(O)OO1.[Zn]. The molecule has 6 heteroatoms. The van der Waals surface area contributed by atoms with E-state index in [1.54, 1.807) is 0 Å². The van der Waals surface area contributed by atoms with E-state index in [2.05, 4.69) is 22.4 Å². The van der Waals surface area contributed by atoms with Crippen molar-refractivity contribution < 1.29 is 34.4 Å². The van der Waals surface area contributed by atoms with Crippen LogP contribution in [0.1, 0.15) is 0 Å². The number of thiol groups is 1. The van der Waals surface area contributed by atoms with Crippen molar-refractivity contribution in [3.8, 4) is 0 Å². The van der Waals surface area contributed by atoms with Crippen molar-refractivity contribution >= 4 is 12.6 Å². The summed E-state index contributed by atoms with van der Waals surface area (Å²) in [5.74, 6) is -1.21. The van der Waals surface area contributed by atoms with Gasteiger partial charge in [-0.1, -0.05) is 0 Å². The molecule has 0 bridgehead atoms.